The van der Waals surface area contributed by atoms with Crippen molar-refractivity contribution in [1.82, 2.24) is 39.5 Å². The van der Waals surface area contributed by atoms with Crippen LogP contribution in [0.1, 0.15) is 56.9 Å². The fourth-order valence-electron chi connectivity index (χ4n) is 3.08. The van der Waals surface area contributed by atoms with Gasteiger partial charge in [0.05, 0.1) is 48.9 Å². The number of piperazine rings is 1. The molecular weight excluding hydrogens is 464 g/mol. The van der Waals surface area contributed by atoms with Gasteiger partial charge in [-0.25, -0.2) is 14.6 Å². The maximum Gasteiger partial charge on any atom is 0.295 e. The SMILES string of the molecule is [2H]c1nc(C(=O)N2C([2H])([2H])C([2H])([2H])N(C(=O)C(=O)c3c[nH]c4c(-n5nc(C([2H])([2H])[2H])nc5[2H])ncc(OC([2H])([2H])[2H])c34)C([2H])([2H])C2([2H])[2H])c([2H])c([2H])c1C. The third-order valence-corrected chi connectivity index (χ3v) is 4.71. The fraction of sp³-hybridized carbons (Fsp3) is 0.292. The number of aromatic amines is 1. The molecule has 5 rings (SSSR count). The Morgan fingerprint density at radius 2 is 1.94 bits per heavy atom. The topological polar surface area (TPSA) is 139 Å². The van der Waals surface area contributed by atoms with Crippen LogP contribution in [0.25, 0.3) is 16.7 Å². The number of hydrogen-bond donors (Lipinski definition) is 1. The molecule has 0 spiro atoms. The molecule has 0 aromatic carbocycles. The van der Waals surface area contributed by atoms with Crippen LogP contribution in [0.5, 0.6) is 5.75 Å². The van der Waals surface area contributed by atoms with E-state index in [0.717, 1.165) is 0 Å². The Hall–Kier alpha value is -4.61. The van der Waals surface area contributed by atoms with Gasteiger partial charge in [-0.3, -0.25) is 19.4 Å². The van der Waals surface area contributed by atoms with Crippen LogP contribution in [-0.2, 0) is 4.79 Å². The van der Waals surface area contributed by atoms with Crippen LogP contribution in [0.3, 0.4) is 0 Å². The molecule has 2 amide bonds. The van der Waals surface area contributed by atoms with Crippen molar-refractivity contribution in [3.63, 3.8) is 0 Å². The van der Waals surface area contributed by atoms with Crippen LogP contribution in [0, 0.1) is 13.8 Å². The first-order chi connectivity index (χ1) is 24.4. The van der Waals surface area contributed by atoms with E-state index in [-0.39, 0.29) is 5.56 Å². The number of carbonyl (C=O) groups is 3. The Balaban J connectivity index is 1.67. The smallest absolute Gasteiger partial charge is 0.295 e. The molecule has 0 bridgehead atoms. The van der Waals surface area contributed by atoms with Crippen LogP contribution >= 0.6 is 0 Å². The number of pyridine rings is 2. The van der Waals surface area contributed by atoms with Gasteiger partial charge in [0.15, 0.2) is 5.82 Å². The van der Waals surface area contributed by atoms with E-state index in [4.69, 9.17) is 29.4 Å². The summed E-state index contributed by atoms with van der Waals surface area (Å²) >= 11 is 0. The second-order valence-corrected chi connectivity index (χ2v) is 6.95. The van der Waals surface area contributed by atoms with Crippen LogP contribution in [0.15, 0.2) is 37.0 Å². The predicted octanol–water partition coefficient (Wildman–Crippen LogP) is 1.33. The van der Waals surface area contributed by atoms with Gasteiger partial charge in [-0.05, 0) is 25.4 Å². The maximum absolute atomic E-state index is 14.0. The van der Waals surface area contributed by atoms with Gasteiger partial charge in [0.1, 0.15) is 24.9 Å². The Morgan fingerprint density at radius 3 is 2.69 bits per heavy atom. The van der Waals surface area contributed by atoms with Gasteiger partial charge in [-0.15, -0.1) is 0 Å². The Kier molecular flexibility index (Phi) is 2.60. The highest BCUT2D eigenvalue weighted by molar-refractivity contribution is 6.45. The summed E-state index contributed by atoms with van der Waals surface area (Å²) < 4.78 is 151. The van der Waals surface area contributed by atoms with Gasteiger partial charge in [0.2, 0.25) is 0 Å². The van der Waals surface area contributed by atoms with Crippen LogP contribution < -0.4 is 4.74 Å². The number of amides is 2. The number of nitrogens with one attached hydrogen (secondary N) is 1. The number of nitrogens with zero attached hydrogens (tertiary/aromatic N) is 7. The zero-order chi connectivity index (χ0) is 41.0. The van der Waals surface area contributed by atoms with Gasteiger partial charge in [-0.1, -0.05) is 6.04 Å². The van der Waals surface area contributed by atoms with E-state index in [1.165, 1.54) is 6.92 Å². The molecule has 12 nitrogen and oxygen atoms in total. The van der Waals surface area contributed by atoms with Crippen LogP contribution in [0.2, 0.25) is 0 Å². The Bertz CT molecular complexity index is 2220. The van der Waals surface area contributed by atoms with E-state index in [9.17, 15) is 14.4 Å². The maximum atomic E-state index is 14.0. The first-order valence-electron chi connectivity index (χ1n) is 18.7. The monoisotopic (exact) mass is 506 g/mol. The van der Waals surface area contributed by atoms with Crippen molar-refractivity contribution < 1.29 is 43.8 Å². The van der Waals surface area contributed by atoms with Crippen molar-refractivity contribution in [3.8, 4) is 11.6 Å². The molecular formula is C24H24N8O4. The molecule has 4 aromatic rings. The summed E-state index contributed by atoms with van der Waals surface area (Å²) in [5.74, 6) is -8.25. The standard InChI is InChI=1S/C24H24N8O4/c1-14-4-5-17(25-10-14)23(34)30-6-8-31(9-7-30)24(35)21(33)16-11-26-20-19(16)18(36-3)12-27-22(20)32-13-28-15(2)29-32/h4-5,10-13,26H,6-9H2,1-3H3/i2D3,3D3,4D,5D,6D2,7D2,8D2,9D2,10D,13D. The summed E-state index contributed by atoms with van der Waals surface area (Å²) in [4.78, 5) is 53.6. The molecule has 0 unspecified atom stereocenters. The molecule has 0 atom stereocenters. The number of aryl methyl sites for hydroxylation is 1. The largest absolute Gasteiger partial charge is 0.494 e. The second-order valence-electron chi connectivity index (χ2n) is 6.95. The molecule has 184 valence electrons. The van der Waals surface area contributed by atoms with E-state index >= 15 is 0 Å². The summed E-state index contributed by atoms with van der Waals surface area (Å²) in [5, 5.41) is 3.06. The molecule has 1 fully saturated rings. The van der Waals surface area contributed by atoms with Crippen molar-refractivity contribution in [2.75, 3.05) is 33.0 Å². The third kappa shape index (κ3) is 4.06. The van der Waals surface area contributed by atoms with E-state index < -0.39 is 131 Å². The van der Waals surface area contributed by atoms with Gasteiger partial charge in [0, 0.05) is 42.5 Å². The normalized spacial score (nSPS) is 27.4. The highest BCUT2D eigenvalue weighted by Gasteiger charge is 2.31. The first-order valence-corrected chi connectivity index (χ1v) is 9.73. The van der Waals surface area contributed by atoms with Crippen molar-refractivity contribution in [2.24, 2.45) is 0 Å². The molecule has 0 radical (unpaired) electrons. The van der Waals surface area contributed by atoms with Gasteiger partial charge < -0.3 is 19.5 Å². The lowest BCUT2D eigenvalue weighted by Gasteiger charge is -2.34. The van der Waals surface area contributed by atoms with E-state index in [0.29, 0.717) is 17.1 Å². The summed E-state index contributed by atoms with van der Waals surface area (Å²) in [5.41, 5.74) is -2.78. The lowest BCUT2D eigenvalue weighted by Crippen LogP contribution is -2.52. The summed E-state index contributed by atoms with van der Waals surface area (Å²) in [6.45, 7) is -18.2. The van der Waals surface area contributed by atoms with Gasteiger partial charge in [-0.2, -0.15) is 5.10 Å². The summed E-state index contributed by atoms with van der Waals surface area (Å²) in [6, 6.07) is -1.78. The molecule has 4 aromatic heterocycles. The van der Waals surface area contributed by atoms with E-state index in [1.54, 1.807) is 0 Å². The van der Waals surface area contributed by atoms with Crippen molar-refractivity contribution in [3.05, 3.63) is 59.6 Å². The molecule has 5 heterocycles. The number of carbonyl (C=O) groups excluding carboxylic acids is 3. The molecule has 1 saturated heterocycles. The number of fused-ring (bicyclic) bond motifs is 1. The molecule has 0 aliphatic carbocycles. The molecule has 36 heavy (non-hydrogen) atoms. The quantitative estimate of drug-likeness (QED) is 0.316. The number of hydrogen-bond acceptors (Lipinski definition) is 8. The lowest BCUT2D eigenvalue weighted by molar-refractivity contribution is -0.127. The lowest BCUT2D eigenvalue weighted by atomic mass is 10.1. The minimum atomic E-state index is -4.14. The number of Topliss-reactive ketones (excluding diaryl/α,β-unsaturated/α-hetero) is 1. The third-order valence-electron chi connectivity index (χ3n) is 4.71. The molecule has 1 N–H and O–H groups in total. The van der Waals surface area contributed by atoms with Crippen molar-refractivity contribution in [1.29, 1.82) is 0 Å². The number of ether oxygens (including phenoxy) is 1. The number of methoxy groups -OCH3 is 1. The highest BCUT2D eigenvalue weighted by Crippen LogP contribution is 2.31. The minimum Gasteiger partial charge on any atom is -0.494 e. The van der Waals surface area contributed by atoms with Crippen molar-refractivity contribution >= 4 is 28.5 Å². The van der Waals surface area contributed by atoms with E-state index in [1.807, 2.05) is 0 Å². The molecule has 1 aliphatic rings. The molecule has 0 saturated carbocycles. The van der Waals surface area contributed by atoms with Crippen LogP contribution in [0.4, 0.5) is 0 Å². The number of rotatable bonds is 5. The Labute approximate surface area is 231 Å². The zero-order valence-electron chi connectivity index (χ0n) is 35.9. The number of H-pyrrole nitrogens is 1. The number of aromatic nitrogens is 6. The van der Waals surface area contributed by atoms with Crippen LogP contribution in [-0.4, -0.2) is 90.1 Å². The molecule has 12 heteroatoms. The zero-order valence-corrected chi connectivity index (χ0v) is 17.9. The number of ketones is 1. The van der Waals surface area contributed by atoms with Gasteiger partial charge in [0.25, 0.3) is 17.6 Å². The summed E-state index contributed by atoms with van der Waals surface area (Å²) in [7, 11) is -3.25. The fourth-order valence-corrected chi connectivity index (χ4v) is 3.08. The first kappa shape index (κ1) is 10.2. The second kappa shape index (κ2) is 9.21. The van der Waals surface area contributed by atoms with Crippen molar-refractivity contribution in [2.45, 2.75) is 13.8 Å². The average molecular weight is 507 g/mol. The average Bonchev–Trinajstić information content (AvgIpc) is 3.64. The molecule has 1 aliphatic heterocycles. The van der Waals surface area contributed by atoms with Gasteiger partial charge >= 0.3 is 0 Å². The summed E-state index contributed by atoms with van der Waals surface area (Å²) in [6.07, 6.45) is -0.185. The minimum absolute atomic E-state index is 0.198. The predicted molar refractivity (Wildman–Crippen MR) is 128 cm³/mol. The highest BCUT2D eigenvalue weighted by atomic mass is 16.5. The Morgan fingerprint density at radius 1 is 1.14 bits per heavy atom. The van der Waals surface area contributed by atoms with E-state index in [2.05, 4.69) is 25.0 Å².